The lowest BCUT2D eigenvalue weighted by Gasteiger charge is -2.16. The number of rotatable bonds is 0. The topological polar surface area (TPSA) is 33.0 Å². The molecule has 1 aliphatic rings. The molecule has 1 aromatic rings. The molecule has 2 nitrogen and oxygen atoms in total. The standard InChI is InChI=1S/C11H9NO/c1-8-3-2-4-10-5-9(6-12)7-13-11(8)10/h2-5H,7H2,1H3. The van der Waals surface area contributed by atoms with E-state index in [-0.39, 0.29) is 0 Å². The van der Waals surface area contributed by atoms with Gasteiger partial charge in [0, 0.05) is 5.56 Å². The third-order valence-electron chi connectivity index (χ3n) is 2.09. The first-order valence-corrected chi connectivity index (χ1v) is 4.14. The first-order valence-electron chi connectivity index (χ1n) is 4.14. The number of para-hydroxylation sites is 1. The quantitative estimate of drug-likeness (QED) is 0.600. The van der Waals surface area contributed by atoms with Crippen LogP contribution < -0.4 is 4.74 Å². The molecule has 0 N–H and O–H groups in total. The van der Waals surface area contributed by atoms with E-state index < -0.39 is 0 Å². The molecule has 2 heteroatoms. The molecule has 0 saturated carbocycles. The molecule has 0 fully saturated rings. The van der Waals surface area contributed by atoms with Gasteiger partial charge in [0.1, 0.15) is 12.4 Å². The van der Waals surface area contributed by atoms with Gasteiger partial charge in [-0.25, -0.2) is 0 Å². The third kappa shape index (κ3) is 1.29. The smallest absolute Gasteiger partial charge is 0.130 e. The summed E-state index contributed by atoms with van der Waals surface area (Å²) in [4.78, 5) is 0. The summed E-state index contributed by atoms with van der Waals surface area (Å²) < 4.78 is 5.47. The number of hydrogen-bond donors (Lipinski definition) is 0. The number of hydrogen-bond acceptors (Lipinski definition) is 2. The van der Waals surface area contributed by atoms with Gasteiger partial charge in [-0.05, 0) is 18.6 Å². The second-order valence-corrected chi connectivity index (χ2v) is 3.06. The Bertz CT molecular complexity index is 413. The molecule has 13 heavy (non-hydrogen) atoms. The maximum Gasteiger partial charge on any atom is 0.130 e. The highest BCUT2D eigenvalue weighted by atomic mass is 16.5. The molecule has 0 atom stereocenters. The van der Waals surface area contributed by atoms with Gasteiger partial charge < -0.3 is 4.74 Å². The maximum atomic E-state index is 8.69. The average molecular weight is 171 g/mol. The molecule has 64 valence electrons. The number of ether oxygens (including phenoxy) is 1. The fourth-order valence-corrected chi connectivity index (χ4v) is 1.43. The third-order valence-corrected chi connectivity index (χ3v) is 2.09. The number of fused-ring (bicyclic) bond motifs is 1. The molecule has 1 aromatic carbocycles. The molecule has 0 unspecified atom stereocenters. The van der Waals surface area contributed by atoms with Crippen LogP contribution in [0.5, 0.6) is 5.75 Å². The minimum absolute atomic E-state index is 0.397. The molecule has 0 amide bonds. The van der Waals surface area contributed by atoms with E-state index in [2.05, 4.69) is 6.07 Å². The highest BCUT2D eigenvalue weighted by Gasteiger charge is 2.11. The molecule has 1 aliphatic heterocycles. The molecule has 0 aliphatic carbocycles. The summed E-state index contributed by atoms with van der Waals surface area (Å²) in [7, 11) is 0. The number of aryl methyl sites for hydroxylation is 1. The van der Waals surface area contributed by atoms with Crippen LogP contribution in [0.25, 0.3) is 6.08 Å². The fraction of sp³-hybridized carbons (Fsp3) is 0.182. The lowest BCUT2D eigenvalue weighted by atomic mass is 10.1. The zero-order valence-electron chi connectivity index (χ0n) is 7.37. The summed E-state index contributed by atoms with van der Waals surface area (Å²) in [6.07, 6.45) is 1.88. The number of nitriles is 1. The van der Waals surface area contributed by atoms with Crippen molar-refractivity contribution in [2.75, 3.05) is 6.61 Å². The van der Waals surface area contributed by atoms with Gasteiger partial charge in [0.2, 0.25) is 0 Å². The van der Waals surface area contributed by atoms with Gasteiger partial charge in [-0.3, -0.25) is 0 Å². The number of benzene rings is 1. The van der Waals surface area contributed by atoms with E-state index in [0.29, 0.717) is 12.2 Å². The Kier molecular flexibility index (Phi) is 1.79. The monoisotopic (exact) mass is 171 g/mol. The Morgan fingerprint density at radius 1 is 1.46 bits per heavy atom. The van der Waals surface area contributed by atoms with E-state index in [1.807, 2.05) is 31.2 Å². The van der Waals surface area contributed by atoms with Crippen LogP contribution in [0.1, 0.15) is 11.1 Å². The summed E-state index contributed by atoms with van der Waals surface area (Å²) in [6.45, 7) is 2.40. The predicted octanol–water partition coefficient (Wildman–Crippen LogP) is 2.29. The minimum atomic E-state index is 0.397. The number of nitrogens with zero attached hydrogens (tertiary/aromatic N) is 1. The van der Waals surface area contributed by atoms with Crippen LogP contribution in [-0.2, 0) is 0 Å². The zero-order chi connectivity index (χ0) is 9.26. The first-order chi connectivity index (χ1) is 6.31. The van der Waals surface area contributed by atoms with Crippen LogP contribution >= 0.6 is 0 Å². The highest BCUT2D eigenvalue weighted by molar-refractivity contribution is 5.66. The molecular formula is C11H9NO. The normalized spacial score (nSPS) is 13.7. The Morgan fingerprint density at radius 2 is 2.31 bits per heavy atom. The van der Waals surface area contributed by atoms with Crippen LogP contribution in [0.15, 0.2) is 23.8 Å². The van der Waals surface area contributed by atoms with Gasteiger partial charge in [-0.15, -0.1) is 0 Å². The second kappa shape index (κ2) is 2.95. The fourth-order valence-electron chi connectivity index (χ4n) is 1.43. The zero-order valence-corrected chi connectivity index (χ0v) is 7.37. The van der Waals surface area contributed by atoms with E-state index in [0.717, 1.165) is 16.9 Å². The predicted molar refractivity (Wildman–Crippen MR) is 50.3 cm³/mol. The first kappa shape index (κ1) is 7.88. The highest BCUT2D eigenvalue weighted by Crippen LogP contribution is 2.29. The van der Waals surface area contributed by atoms with Gasteiger partial charge in [0.15, 0.2) is 0 Å². The van der Waals surface area contributed by atoms with E-state index in [9.17, 15) is 0 Å². The maximum absolute atomic E-state index is 8.69. The van der Waals surface area contributed by atoms with Crippen LogP contribution in [0.2, 0.25) is 0 Å². The summed E-state index contributed by atoms with van der Waals surface area (Å²) >= 11 is 0. The lowest BCUT2D eigenvalue weighted by Crippen LogP contribution is -2.06. The van der Waals surface area contributed by atoms with E-state index in [1.54, 1.807) is 0 Å². The van der Waals surface area contributed by atoms with Crippen molar-refractivity contribution in [1.82, 2.24) is 0 Å². The molecule has 1 heterocycles. The molecule has 0 bridgehead atoms. The Labute approximate surface area is 77.1 Å². The van der Waals surface area contributed by atoms with Gasteiger partial charge in [-0.1, -0.05) is 18.2 Å². The Morgan fingerprint density at radius 3 is 3.08 bits per heavy atom. The van der Waals surface area contributed by atoms with Gasteiger partial charge >= 0.3 is 0 Å². The average Bonchev–Trinajstić information content (AvgIpc) is 2.18. The summed E-state index contributed by atoms with van der Waals surface area (Å²) in [6, 6.07) is 8.03. The second-order valence-electron chi connectivity index (χ2n) is 3.06. The molecule has 0 spiro atoms. The molecule has 0 radical (unpaired) electrons. The SMILES string of the molecule is Cc1cccc2c1OCC(C#N)=C2. The van der Waals surface area contributed by atoms with Crippen molar-refractivity contribution in [3.63, 3.8) is 0 Å². The van der Waals surface area contributed by atoms with Crippen LogP contribution in [0.3, 0.4) is 0 Å². The largest absolute Gasteiger partial charge is 0.487 e. The van der Waals surface area contributed by atoms with Crippen LogP contribution in [0, 0.1) is 18.3 Å². The Balaban J connectivity index is 2.55. The van der Waals surface area contributed by atoms with Crippen molar-refractivity contribution < 1.29 is 4.74 Å². The van der Waals surface area contributed by atoms with E-state index in [4.69, 9.17) is 10.00 Å². The van der Waals surface area contributed by atoms with Gasteiger partial charge in [0.25, 0.3) is 0 Å². The van der Waals surface area contributed by atoms with Crippen molar-refractivity contribution in [3.05, 3.63) is 34.9 Å². The summed E-state index contributed by atoms with van der Waals surface area (Å²) in [5.74, 6) is 0.904. The lowest BCUT2D eigenvalue weighted by molar-refractivity contribution is 0.349. The summed E-state index contributed by atoms with van der Waals surface area (Å²) in [5.41, 5.74) is 2.80. The molecule has 2 rings (SSSR count). The van der Waals surface area contributed by atoms with Crippen molar-refractivity contribution in [2.24, 2.45) is 0 Å². The van der Waals surface area contributed by atoms with Crippen LogP contribution in [0.4, 0.5) is 0 Å². The van der Waals surface area contributed by atoms with E-state index in [1.165, 1.54) is 0 Å². The Hall–Kier alpha value is -1.75. The van der Waals surface area contributed by atoms with E-state index >= 15 is 0 Å². The molecule has 0 aromatic heterocycles. The van der Waals surface area contributed by atoms with Crippen molar-refractivity contribution in [1.29, 1.82) is 5.26 Å². The molecular weight excluding hydrogens is 162 g/mol. The van der Waals surface area contributed by atoms with Gasteiger partial charge in [0.05, 0.1) is 11.6 Å². The van der Waals surface area contributed by atoms with Crippen molar-refractivity contribution in [3.8, 4) is 11.8 Å². The van der Waals surface area contributed by atoms with Gasteiger partial charge in [-0.2, -0.15) is 5.26 Å². The minimum Gasteiger partial charge on any atom is -0.487 e. The molecule has 0 saturated heterocycles. The van der Waals surface area contributed by atoms with Crippen LogP contribution in [-0.4, -0.2) is 6.61 Å². The van der Waals surface area contributed by atoms with Crippen molar-refractivity contribution >= 4 is 6.08 Å². The van der Waals surface area contributed by atoms with Crippen molar-refractivity contribution in [2.45, 2.75) is 6.92 Å². The summed E-state index contributed by atoms with van der Waals surface area (Å²) in [5, 5.41) is 8.69.